The van der Waals surface area contributed by atoms with Crippen LogP contribution in [0.2, 0.25) is 0 Å². The van der Waals surface area contributed by atoms with Gasteiger partial charge in [-0.2, -0.15) is 0 Å². The van der Waals surface area contributed by atoms with Crippen molar-refractivity contribution in [2.75, 3.05) is 26.0 Å². The van der Waals surface area contributed by atoms with Gasteiger partial charge in [-0.1, -0.05) is 36.0 Å². The van der Waals surface area contributed by atoms with Crippen molar-refractivity contribution >= 4 is 28.8 Å². The third-order valence-electron chi connectivity index (χ3n) is 4.83. The van der Waals surface area contributed by atoms with Crippen molar-refractivity contribution in [1.82, 2.24) is 9.80 Å². The van der Waals surface area contributed by atoms with E-state index in [4.69, 9.17) is 4.74 Å². The zero-order valence-electron chi connectivity index (χ0n) is 14.8. The number of carbonyl (C=O) groups is 3. The van der Waals surface area contributed by atoms with Crippen LogP contribution in [-0.4, -0.2) is 58.8 Å². The van der Waals surface area contributed by atoms with E-state index in [2.05, 4.69) is 0 Å². The number of imide groups is 1. The third kappa shape index (κ3) is 3.30. The van der Waals surface area contributed by atoms with Gasteiger partial charge < -0.3 is 9.64 Å². The largest absolute Gasteiger partial charge is 0.497 e. The van der Waals surface area contributed by atoms with E-state index in [-0.39, 0.29) is 28.8 Å². The quantitative estimate of drug-likeness (QED) is 0.813. The van der Waals surface area contributed by atoms with Gasteiger partial charge in [0.1, 0.15) is 5.75 Å². The minimum absolute atomic E-state index is 0.0878. The topological polar surface area (TPSA) is 66.9 Å². The van der Waals surface area contributed by atoms with Crippen molar-refractivity contribution in [2.24, 2.45) is 0 Å². The number of methoxy groups -OCH3 is 1. The summed E-state index contributed by atoms with van der Waals surface area (Å²) in [5, 5.41) is -0.209. The standard InChI is InChI=1S/C20H18N2O4S/c1-26-17-4-2-3-15(9-17)13-5-7-14(8-6-13)19(24)21-10-16(11-21)22-18(23)12-27-20(22)25/h2-9,16H,10-12H2,1H3. The number of thioether (sulfide) groups is 1. The van der Waals surface area contributed by atoms with E-state index in [1.165, 1.54) is 4.90 Å². The van der Waals surface area contributed by atoms with Gasteiger partial charge in [-0.3, -0.25) is 19.3 Å². The second-order valence-electron chi connectivity index (χ2n) is 6.49. The molecule has 2 aromatic carbocycles. The number of rotatable bonds is 4. The molecule has 0 N–H and O–H groups in total. The molecule has 138 valence electrons. The number of amides is 3. The van der Waals surface area contributed by atoms with Crippen LogP contribution < -0.4 is 4.74 Å². The average Bonchev–Trinajstić information content (AvgIpc) is 2.99. The van der Waals surface area contributed by atoms with Crippen LogP contribution in [-0.2, 0) is 4.79 Å². The lowest BCUT2D eigenvalue weighted by Gasteiger charge is -2.42. The molecule has 2 aliphatic heterocycles. The van der Waals surface area contributed by atoms with Gasteiger partial charge in [-0.25, -0.2) is 0 Å². The maximum absolute atomic E-state index is 12.6. The number of hydrogen-bond acceptors (Lipinski definition) is 5. The fourth-order valence-corrected chi connectivity index (χ4v) is 4.07. The van der Waals surface area contributed by atoms with Crippen molar-refractivity contribution < 1.29 is 19.1 Å². The van der Waals surface area contributed by atoms with Crippen LogP contribution >= 0.6 is 11.8 Å². The molecule has 0 saturated carbocycles. The number of carbonyl (C=O) groups excluding carboxylic acids is 3. The molecule has 27 heavy (non-hydrogen) atoms. The number of ether oxygens (including phenoxy) is 1. The third-order valence-corrected chi connectivity index (χ3v) is 5.67. The predicted octanol–water partition coefficient (Wildman–Crippen LogP) is 2.88. The summed E-state index contributed by atoms with van der Waals surface area (Å²) in [6.45, 7) is 0.795. The molecule has 7 heteroatoms. The molecule has 6 nitrogen and oxygen atoms in total. The molecule has 2 aromatic rings. The first-order chi connectivity index (χ1) is 13.1. The summed E-state index contributed by atoms with van der Waals surface area (Å²) >= 11 is 1.02. The molecule has 2 heterocycles. The minimum Gasteiger partial charge on any atom is -0.497 e. The molecule has 0 bridgehead atoms. The van der Waals surface area contributed by atoms with Crippen LogP contribution in [0.4, 0.5) is 4.79 Å². The van der Waals surface area contributed by atoms with E-state index in [0.29, 0.717) is 18.7 Å². The van der Waals surface area contributed by atoms with Crippen LogP contribution in [0.3, 0.4) is 0 Å². The molecule has 0 aliphatic carbocycles. The first-order valence-electron chi connectivity index (χ1n) is 8.59. The van der Waals surface area contributed by atoms with Crippen molar-refractivity contribution in [2.45, 2.75) is 6.04 Å². The van der Waals surface area contributed by atoms with Crippen molar-refractivity contribution in [1.29, 1.82) is 0 Å². The molecule has 0 atom stereocenters. The summed E-state index contributed by atoms with van der Waals surface area (Å²) in [4.78, 5) is 39.1. The molecule has 0 aromatic heterocycles. The summed E-state index contributed by atoms with van der Waals surface area (Å²) in [6, 6.07) is 15.0. The number of nitrogens with zero attached hydrogens (tertiary/aromatic N) is 2. The molecule has 4 rings (SSSR count). The van der Waals surface area contributed by atoms with E-state index >= 15 is 0 Å². The van der Waals surface area contributed by atoms with Gasteiger partial charge in [-0.15, -0.1) is 0 Å². The van der Waals surface area contributed by atoms with Crippen LogP contribution in [0, 0.1) is 0 Å². The fraction of sp³-hybridized carbons (Fsp3) is 0.250. The van der Waals surface area contributed by atoms with Crippen LogP contribution in [0.1, 0.15) is 10.4 Å². The number of likely N-dealkylation sites (tertiary alicyclic amines) is 1. The van der Waals surface area contributed by atoms with E-state index in [0.717, 1.165) is 28.6 Å². The maximum Gasteiger partial charge on any atom is 0.289 e. The summed E-state index contributed by atoms with van der Waals surface area (Å²) in [5.41, 5.74) is 2.60. The minimum atomic E-state index is -0.209. The highest BCUT2D eigenvalue weighted by molar-refractivity contribution is 8.14. The van der Waals surface area contributed by atoms with Crippen LogP contribution in [0.5, 0.6) is 5.75 Å². The lowest BCUT2D eigenvalue weighted by Crippen LogP contribution is -2.62. The zero-order chi connectivity index (χ0) is 19.0. The molecular formula is C20H18N2O4S. The SMILES string of the molecule is COc1cccc(-c2ccc(C(=O)N3CC(N4C(=O)CSC4=O)C3)cc2)c1. The van der Waals surface area contributed by atoms with Crippen LogP contribution in [0.15, 0.2) is 48.5 Å². The van der Waals surface area contributed by atoms with E-state index in [1.807, 2.05) is 36.4 Å². The summed E-state index contributed by atoms with van der Waals surface area (Å²) in [5.74, 6) is 0.734. The van der Waals surface area contributed by atoms with Gasteiger partial charge in [-0.05, 0) is 35.4 Å². The van der Waals surface area contributed by atoms with Gasteiger partial charge in [0, 0.05) is 18.7 Å². The summed E-state index contributed by atoms with van der Waals surface area (Å²) < 4.78 is 5.25. The highest BCUT2D eigenvalue weighted by atomic mass is 32.2. The predicted molar refractivity (Wildman–Crippen MR) is 103 cm³/mol. The molecule has 2 fully saturated rings. The van der Waals surface area contributed by atoms with Crippen molar-refractivity contribution in [3.8, 4) is 16.9 Å². The van der Waals surface area contributed by atoms with E-state index in [1.54, 1.807) is 24.1 Å². The average molecular weight is 382 g/mol. The second kappa shape index (κ2) is 7.08. The van der Waals surface area contributed by atoms with Gasteiger partial charge >= 0.3 is 0 Å². The normalized spacial score (nSPS) is 17.2. The first-order valence-corrected chi connectivity index (χ1v) is 9.58. The number of benzene rings is 2. The molecule has 0 radical (unpaired) electrons. The Hall–Kier alpha value is -2.80. The Morgan fingerprint density at radius 3 is 2.44 bits per heavy atom. The molecule has 2 aliphatic rings. The number of hydrogen-bond donors (Lipinski definition) is 0. The lowest BCUT2D eigenvalue weighted by molar-refractivity contribution is -0.128. The Labute approximate surface area is 161 Å². The molecular weight excluding hydrogens is 364 g/mol. The van der Waals surface area contributed by atoms with Crippen molar-refractivity contribution in [3.05, 3.63) is 54.1 Å². The Morgan fingerprint density at radius 1 is 1.07 bits per heavy atom. The zero-order valence-corrected chi connectivity index (χ0v) is 15.6. The van der Waals surface area contributed by atoms with Gasteiger partial charge in [0.25, 0.3) is 11.1 Å². The molecule has 2 saturated heterocycles. The van der Waals surface area contributed by atoms with Gasteiger partial charge in [0.15, 0.2) is 0 Å². The monoisotopic (exact) mass is 382 g/mol. The molecule has 3 amide bonds. The Kier molecular flexibility index (Phi) is 4.61. The Bertz CT molecular complexity index is 890. The highest BCUT2D eigenvalue weighted by Crippen LogP contribution is 2.28. The smallest absolute Gasteiger partial charge is 0.289 e. The summed E-state index contributed by atoms with van der Waals surface area (Å²) in [7, 11) is 1.63. The maximum atomic E-state index is 12.6. The van der Waals surface area contributed by atoms with E-state index in [9.17, 15) is 14.4 Å². The van der Waals surface area contributed by atoms with Gasteiger partial charge in [0.05, 0.1) is 18.9 Å². The Morgan fingerprint density at radius 2 is 1.81 bits per heavy atom. The Balaban J connectivity index is 1.42. The lowest BCUT2D eigenvalue weighted by atomic mass is 10.0. The van der Waals surface area contributed by atoms with E-state index < -0.39 is 0 Å². The summed E-state index contributed by atoms with van der Waals surface area (Å²) in [6.07, 6.45) is 0. The second-order valence-corrected chi connectivity index (χ2v) is 7.42. The fourth-order valence-electron chi connectivity index (χ4n) is 3.29. The highest BCUT2D eigenvalue weighted by Gasteiger charge is 2.43. The van der Waals surface area contributed by atoms with Gasteiger partial charge in [0.2, 0.25) is 5.91 Å². The molecule has 0 unspecified atom stereocenters. The molecule has 0 spiro atoms. The van der Waals surface area contributed by atoms with Crippen LogP contribution in [0.25, 0.3) is 11.1 Å². The first kappa shape index (κ1) is 17.6. The van der Waals surface area contributed by atoms with Crippen molar-refractivity contribution in [3.63, 3.8) is 0 Å².